The molecule has 3 rings (SSSR count). The molecule has 0 spiro atoms. The number of halogens is 1. The van der Waals surface area contributed by atoms with E-state index in [0.29, 0.717) is 18.9 Å². The predicted octanol–water partition coefficient (Wildman–Crippen LogP) is 3.06. The SMILES string of the molecule is O=C(CCc1ccc(F)cc1)NC1CC2CCC1C2. The summed E-state index contributed by atoms with van der Waals surface area (Å²) in [5.74, 6) is 1.49. The largest absolute Gasteiger partial charge is 0.353 e. The first-order valence-electron chi connectivity index (χ1n) is 7.24. The third kappa shape index (κ3) is 2.96. The van der Waals surface area contributed by atoms with Crippen molar-refractivity contribution in [2.75, 3.05) is 0 Å². The van der Waals surface area contributed by atoms with E-state index in [1.165, 1.54) is 37.8 Å². The molecule has 2 nitrogen and oxygen atoms in total. The lowest BCUT2D eigenvalue weighted by molar-refractivity contribution is -0.122. The minimum absolute atomic E-state index is 0.141. The normalized spacial score (nSPS) is 28.6. The van der Waals surface area contributed by atoms with Gasteiger partial charge in [-0.1, -0.05) is 18.6 Å². The van der Waals surface area contributed by atoms with Gasteiger partial charge in [-0.05, 0) is 55.2 Å². The molecule has 1 aromatic carbocycles. The summed E-state index contributed by atoms with van der Waals surface area (Å²) < 4.78 is 12.8. The minimum atomic E-state index is -0.227. The predicted molar refractivity (Wildman–Crippen MR) is 72.1 cm³/mol. The molecule has 2 saturated carbocycles. The summed E-state index contributed by atoms with van der Waals surface area (Å²) in [5.41, 5.74) is 1.02. The zero-order valence-electron chi connectivity index (χ0n) is 11.1. The summed E-state index contributed by atoms with van der Waals surface area (Å²) in [4.78, 5) is 11.9. The highest BCUT2D eigenvalue weighted by Crippen LogP contribution is 2.44. The number of aryl methyl sites for hydroxylation is 1. The van der Waals surface area contributed by atoms with Gasteiger partial charge in [0.05, 0.1) is 0 Å². The van der Waals surface area contributed by atoms with Crippen LogP contribution in [0.5, 0.6) is 0 Å². The van der Waals surface area contributed by atoms with E-state index in [1.54, 1.807) is 12.1 Å². The number of amides is 1. The molecule has 1 aromatic rings. The molecule has 1 N–H and O–H groups in total. The zero-order valence-corrected chi connectivity index (χ0v) is 11.1. The Morgan fingerprint density at radius 3 is 2.63 bits per heavy atom. The maximum atomic E-state index is 12.8. The van der Waals surface area contributed by atoms with Crippen LogP contribution < -0.4 is 5.32 Å². The Morgan fingerprint density at radius 2 is 2.00 bits per heavy atom. The summed E-state index contributed by atoms with van der Waals surface area (Å²) in [7, 11) is 0. The van der Waals surface area contributed by atoms with Gasteiger partial charge in [0, 0.05) is 12.5 Å². The highest BCUT2D eigenvalue weighted by Gasteiger charge is 2.39. The van der Waals surface area contributed by atoms with Crippen molar-refractivity contribution in [3.8, 4) is 0 Å². The molecule has 3 unspecified atom stereocenters. The maximum absolute atomic E-state index is 12.8. The Labute approximate surface area is 113 Å². The molecule has 3 heteroatoms. The third-order valence-electron chi connectivity index (χ3n) is 4.64. The van der Waals surface area contributed by atoms with Crippen LogP contribution in [-0.2, 0) is 11.2 Å². The number of fused-ring (bicyclic) bond motifs is 2. The molecule has 102 valence electrons. The molecule has 19 heavy (non-hydrogen) atoms. The smallest absolute Gasteiger partial charge is 0.220 e. The average molecular weight is 261 g/mol. The third-order valence-corrected chi connectivity index (χ3v) is 4.64. The van der Waals surface area contributed by atoms with Gasteiger partial charge >= 0.3 is 0 Å². The van der Waals surface area contributed by atoms with Crippen LogP contribution in [0.15, 0.2) is 24.3 Å². The van der Waals surface area contributed by atoms with E-state index in [0.717, 1.165) is 17.4 Å². The van der Waals surface area contributed by atoms with Gasteiger partial charge < -0.3 is 5.32 Å². The van der Waals surface area contributed by atoms with Crippen LogP contribution in [0.25, 0.3) is 0 Å². The molecule has 0 heterocycles. The number of benzene rings is 1. The van der Waals surface area contributed by atoms with E-state index in [9.17, 15) is 9.18 Å². The molecule has 0 radical (unpaired) electrons. The highest BCUT2D eigenvalue weighted by atomic mass is 19.1. The van der Waals surface area contributed by atoms with E-state index in [4.69, 9.17) is 0 Å². The van der Waals surface area contributed by atoms with Crippen LogP contribution >= 0.6 is 0 Å². The first-order valence-corrected chi connectivity index (χ1v) is 7.24. The average Bonchev–Trinajstić information content (AvgIpc) is 3.00. The molecule has 0 saturated heterocycles. The number of nitrogens with one attached hydrogen (secondary N) is 1. The molecular formula is C16H20FNO. The lowest BCUT2D eigenvalue weighted by Crippen LogP contribution is -2.38. The number of hydrogen-bond donors (Lipinski definition) is 1. The van der Waals surface area contributed by atoms with Crippen molar-refractivity contribution in [2.45, 2.75) is 44.6 Å². The van der Waals surface area contributed by atoms with Crippen LogP contribution in [0.2, 0.25) is 0 Å². The van der Waals surface area contributed by atoms with E-state index in [2.05, 4.69) is 5.32 Å². The molecule has 2 aliphatic carbocycles. The molecule has 0 aliphatic heterocycles. The molecule has 2 bridgehead atoms. The van der Waals surface area contributed by atoms with Crippen LogP contribution in [0.4, 0.5) is 4.39 Å². The Balaban J connectivity index is 1.45. The minimum Gasteiger partial charge on any atom is -0.353 e. The standard InChI is InChI=1S/C16H20FNO/c17-14-6-2-11(3-7-14)4-8-16(19)18-15-10-12-1-5-13(15)9-12/h2-3,6-7,12-13,15H,1,4-5,8-10H2,(H,18,19). The number of hydrogen-bond acceptors (Lipinski definition) is 1. The monoisotopic (exact) mass is 261 g/mol. The van der Waals surface area contributed by atoms with Gasteiger partial charge in [-0.25, -0.2) is 4.39 Å². The van der Waals surface area contributed by atoms with Crippen molar-refractivity contribution in [1.29, 1.82) is 0 Å². The number of carbonyl (C=O) groups is 1. The molecular weight excluding hydrogens is 241 g/mol. The second kappa shape index (κ2) is 5.32. The zero-order chi connectivity index (χ0) is 13.2. The van der Waals surface area contributed by atoms with E-state index < -0.39 is 0 Å². The fourth-order valence-electron chi connectivity index (χ4n) is 3.61. The first-order chi connectivity index (χ1) is 9.20. The van der Waals surface area contributed by atoms with Crippen molar-refractivity contribution in [3.05, 3.63) is 35.6 Å². The Kier molecular flexibility index (Phi) is 3.54. The van der Waals surface area contributed by atoms with Crippen molar-refractivity contribution in [2.24, 2.45) is 11.8 Å². The summed E-state index contributed by atoms with van der Waals surface area (Å²) >= 11 is 0. The fraction of sp³-hybridized carbons (Fsp3) is 0.562. The quantitative estimate of drug-likeness (QED) is 0.886. The lowest BCUT2D eigenvalue weighted by Gasteiger charge is -2.22. The van der Waals surface area contributed by atoms with Crippen LogP contribution in [0, 0.1) is 17.7 Å². The number of carbonyl (C=O) groups excluding carboxylic acids is 1. The van der Waals surface area contributed by atoms with Gasteiger partial charge in [-0.2, -0.15) is 0 Å². The van der Waals surface area contributed by atoms with Gasteiger partial charge in [-0.3, -0.25) is 4.79 Å². The number of rotatable bonds is 4. The molecule has 2 aliphatic rings. The van der Waals surface area contributed by atoms with Gasteiger partial charge in [0.1, 0.15) is 5.82 Å². The van der Waals surface area contributed by atoms with Crippen LogP contribution in [0.3, 0.4) is 0 Å². The second-order valence-corrected chi connectivity index (χ2v) is 5.98. The van der Waals surface area contributed by atoms with E-state index in [-0.39, 0.29) is 11.7 Å². The highest BCUT2D eigenvalue weighted by molar-refractivity contribution is 5.76. The Bertz CT molecular complexity index is 456. The van der Waals surface area contributed by atoms with Gasteiger partial charge in [0.15, 0.2) is 0 Å². The molecule has 3 atom stereocenters. The summed E-state index contributed by atoms with van der Waals surface area (Å²) in [6, 6.07) is 6.81. The van der Waals surface area contributed by atoms with E-state index in [1.807, 2.05) is 0 Å². The van der Waals surface area contributed by atoms with Crippen molar-refractivity contribution in [1.82, 2.24) is 5.32 Å². The molecule has 0 aromatic heterocycles. The Hall–Kier alpha value is -1.38. The second-order valence-electron chi connectivity index (χ2n) is 5.98. The topological polar surface area (TPSA) is 29.1 Å². The van der Waals surface area contributed by atoms with Crippen molar-refractivity contribution >= 4 is 5.91 Å². The summed E-state index contributed by atoms with van der Waals surface area (Å²) in [5, 5.41) is 3.18. The fourth-order valence-corrected chi connectivity index (χ4v) is 3.61. The lowest BCUT2D eigenvalue weighted by atomic mass is 9.95. The summed E-state index contributed by atoms with van der Waals surface area (Å²) in [6.07, 6.45) is 6.31. The molecule has 2 fully saturated rings. The summed E-state index contributed by atoms with van der Waals surface area (Å²) in [6.45, 7) is 0. The van der Waals surface area contributed by atoms with Gasteiger partial charge in [0.2, 0.25) is 5.91 Å². The van der Waals surface area contributed by atoms with Gasteiger partial charge in [0.25, 0.3) is 0 Å². The van der Waals surface area contributed by atoms with Crippen LogP contribution in [0.1, 0.15) is 37.7 Å². The van der Waals surface area contributed by atoms with Crippen molar-refractivity contribution in [3.63, 3.8) is 0 Å². The Morgan fingerprint density at radius 1 is 1.21 bits per heavy atom. The van der Waals surface area contributed by atoms with Crippen molar-refractivity contribution < 1.29 is 9.18 Å². The first kappa shape index (κ1) is 12.6. The maximum Gasteiger partial charge on any atom is 0.220 e. The van der Waals surface area contributed by atoms with Gasteiger partial charge in [-0.15, -0.1) is 0 Å². The molecule has 1 amide bonds. The van der Waals surface area contributed by atoms with Crippen LogP contribution in [-0.4, -0.2) is 11.9 Å². The van der Waals surface area contributed by atoms with E-state index >= 15 is 0 Å².